The largest absolute Gasteiger partial charge is 0.378 e. The lowest BCUT2D eigenvalue weighted by Crippen LogP contribution is -2.34. The maximum Gasteiger partial charge on any atom is 0.256 e. The Balaban J connectivity index is 2.89. The second-order valence-electron chi connectivity index (χ2n) is 4.48. The van der Waals surface area contributed by atoms with Crippen molar-refractivity contribution in [2.75, 3.05) is 26.7 Å². The van der Waals surface area contributed by atoms with Crippen LogP contribution >= 0.6 is 0 Å². The van der Waals surface area contributed by atoms with Gasteiger partial charge in [0, 0.05) is 32.4 Å². The van der Waals surface area contributed by atoms with Crippen molar-refractivity contribution in [2.45, 2.75) is 26.7 Å². The first kappa shape index (κ1) is 15.3. The molecular weight excluding hydrogens is 242 g/mol. The lowest BCUT2D eigenvalue weighted by Gasteiger charge is -2.12. The van der Waals surface area contributed by atoms with Crippen molar-refractivity contribution < 1.29 is 9.59 Å². The third-order valence-electron chi connectivity index (χ3n) is 3.02. The Morgan fingerprint density at radius 3 is 2.21 bits per heavy atom. The molecule has 0 aliphatic carbocycles. The normalized spacial score (nSPS) is 16.4. The molecule has 0 atom stereocenters. The molecule has 1 saturated heterocycles. The molecule has 0 radical (unpaired) electrons. The summed E-state index contributed by atoms with van der Waals surface area (Å²) in [6.07, 6.45) is 5.60. The number of hydrogen-bond donors (Lipinski definition) is 2. The summed E-state index contributed by atoms with van der Waals surface area (Å²) in [6, 6.07) is 0. The topological polar surface area (TPSA) is 61.4 Å². The van der Waals surface area contributed by atoms with Crippen LogP contribution in [0.4, 0.5) is 0 Å². The third-order valence-corrected chi connectivity index (χ3v) is 3.02. The second-order valence-corrected chi connectivity index (χ2v) is 4.48. The maximum atomic E-state index is 11.9. The van der Waals surface area contributed by atoms with Crippen molar-refractivity contribution in [1.29, 1.82) is 0 Å². The monoisotopic (exact) mass is 265 g/mol. The summed E-state index contributed by atoms with van der Waals surface area (Å²) in [5, 5.41) is 5.32. The minimum absolute atomic E-state index is 0.163. The van der Waals surface area contributed by atoms with Crippen molar-refractivity contribution in [2.24, 2.45) is 0 Å². The predicted octanol–water partition coefficient (Wildman–Crippen LogP) is 0.795. The molecule has 106 valence electrons. The van der Waals surface area contributed by atoms with Gasteiger partial charge in [0.05, 0.1) is 0 Å². The lowest BCUT2D eigenvalue weighted by atomic mass is 10.2. The molecule has 0 spiro atoms. The van der Waals surface area contributed by atoms with E-state index in [9.17, 15) is 9.59 Å². The molecule has 19 heavy (non-hydrogen) atoms. The average Bonchev–Trinajstić information content (AvgIpc) is 2.76. The lowest BCUT2D eigenvalue weighted by molar-refractivity contribution is -0.123. The Morgan fingerprint density at radius 2 is 1.79 bits per heavy atom. The fraction of sp³-hybridized carbons (Fsp3) is 0.571. The van der Waals surface area contributed by atoms with Crippen LogP contribution in [0.5, 0.6) is 0 Å². The zero-order valence-corrected chi connectivity index (χ0v) is 12.0. The van der Waals surface area contributed by atoms with E-state index in [1.54, 1.807) is 6.08 Å². The molecule has 5 heteroatoms. The number of allylic oxidation sites excluding steroid dienone is 3. The third kappa shape index (κ3) is 4.43. The van der Waals surface area contributed by atoms with Gasteiger partial charge in [-0.3, -0.25) is 9.59 Å². The van der Waals surface area contributed by atoms with Crippen LogP contribution in [0.2, 0.25) is 0 Å². The van der Waals surface area contributed by atoms with E-state index in [0.29, 0.717) is 13.1 Å². The van der Waals surface area contributed by atoms with Crippen LogP contribution < -0.4 is 10.6 Å². The van der Waals surface area contributed by atoms with Crippen molar-refractivity contribution in [1.82, 2.24) is 15.5 Å². The molecule has 0 saturated carbocycles. The Bertz CT molecular complexity index is 379. The molecule has 0 aromatic carbocycles. The highest BCUT2D eigenvalue weighted by Crippen LogP contribution is 2.18. The minimum Gasteiger partial charge on any atom is -0.378 e. The standard InChI is InChI=1S/C14H23N3O2/c1-4-15-13(18)12(14(19)16-5-2)9-8-11-7-6-10-17(11)3/h8-9H,4-7,10H2,1-3H3,(H,15,18)(H,16,19)/b11-8+. The quantitative estimate of drug-likeness (QED) is 0.439. The molecule has 0 bridgehead atoms. The fourth-order valence-electron chi connectivity index (χ4n) is 1.99. The molecular formula is C14H23N3O2. The van der Waals surface area contributed by atoms with Crippen molar-refractivity contribution in [3.63, 3.8) is 0 Å². The first-order valence-corrected chi connectivity index (χ1v) is 6.78. The summed E-state index contributed by atoms with van der Waals surface area (Å²) >= 11 is 0. The molecule has 1 aliphatic rings. The van der Waals surface area contributed by atoms with Crippen LogP contribution in [0, 0.1) is 0 Å². The zero-order valence-electron chi connectivity index (χ0n) is 12.0. The Hall–Kier alpha value is -1.78. The van der Waals surface area contributed by atoms with Gasteiger partial charge in [-0.1, -0.05) is 0 Å². The first-order chi connectivity index (χ1) is 9.10. The Morgan fingerprint density at radius 1 is 1.21 bits per heavy atom. The maximum absolute atomic E-state index is 11.9. The van der Waals surface area contributed by atoms with Crippen LogP contribution in [-0.4, -0.2) is 43.4 Å². The molecule has 0 unspecified atom stereocenters. The zero-order chi connectivity index (χ0) is 14.3. The Kier molecular flexibility index (Phi) is 6.12. The van der Waals surface area contributed by atoms with E-state index in [-0.39, 0.29) is 17.4 Å². The fourth-order valence-corrected chi connectivity index (χ4v) is 1.99. The summed E-state index contributed by atoms with van der Waals surface area (Å²) in [6.45, 7) is 5.70. The molecule has 5 nitrogen and oxygen atoms in total. The van der Waals surface area contributed by atoms with E-state index >= 15 is 0 Å². The van der Waals surface area contributed by atoms with Gasteiger partial charge >= 0.3 is 0 Å². The molecule has 1 fully saturated rings. The van der Waals surface area contributed by atoms with E-state index in [0.717, 1.165) is 25.1 Å². The second kappa shape index (κ2) is 7.61. The molecule has 1 heterocycles. The smallest absolute Gasteiger partial charge is 0.256 e. The van der Waals surface area contributed by atoms with Gasteiger partial charge in [0.15, 0.2) is 0 Å². The van der Waals surface area contributed by atoms with E-state index in [4.69, 9.17) is 0 Å². The van der Waals surface area contributed by atoms with Gasteiger partial charge in [0.2, 0.25) is 0 Å². The van der Waals surface area contributed by atoms with E-state index in [2.05, 4.69) is 15.5 Å². The molecule has 0 aromatic heterocycles. The summed E-state index contributed by atoms with van der Waals surface area (Å²) in [4.78, 5) is 25.9. The summed E-state index contributed by atoms with van der Waals surface area (Å²) < 4.78 is 0. The number of amides is 2. The number of hydrogen-bond acceptors (Lipinski definition) is 3. The summed E-state index contributed by atoms with van der Waals surface area (Å²) in [5.74, 6) is -0.656. The van der Waals surface area contributed by atoms with Gasteiger partial charge in [-0.15, -0.1) is 0 Å². The number of likely N-dealkylation sites (tertiary alicyclic amines) is 1. The molecule has 2 N–H and O–H groups in total. The van der Waals surface area contributed by atoms with E-state index in [1.165, 1.54) is 0 Å². The van der Waals surface area contributed by atoms with Gasteiger partial charge in [-0.2, -0.15) is 0 Å². The van der Waals surface area contributed by atoms with Crippen LogP contribution in [0.15, 0.2) is 23.4 Å². The number of carbonyl (C=O) groups excluding carboxylic acids is 2. The van der Waals surface area contributed by atoms with Gasteiger partial charge < -0.3 is 15.5 Å². The number of likely N-dealkylation sites (N-methyl/N-ethyl adjacent to an activating group) is 2. The van der Waals surface area contributed by atoms with Gasteiger partial charge in [-0.25, -0.2) is 0 Å². The number of rotatable bonds is 5. The summed E-state index contributed by atoms with van der Waals surface area (Å²) in [5.41, 5.74) is 1.32. The molecule has 1 rings (SSSR count). The van der Waals surface area contributed by atoms with Gasteiger partial charge in [-0.05, 0) is 38.8 Å². The molecule has 0 aromatic rings. The molecule has 1 aliphatic heterocycles. The van der Waals surface area contributed by atoms with Gasteiger partial charge in [0.25, 0.3) is 11.8 Å². The minimum atomic E-state index is -0.328. The SMILES string of the molecule is CCNC(=O)C(=C/C=C1\CCCN1C)C(=O)NCC. The van der Waals surface area contributed by atoms with Gasteiger partial charge in [0.1, 0.15) is 5.57 Å². The van der Waals surface area contributed by atoms with Crippen LogP contribution in [0.3, 0.4) is 0 Å². The highest BCUT2D eigenvalue weighted by atomic mass is 16.2. The van der Waals surface area contributed by atoms with Crippen molar-refractivity contribution >= 4 is 11.8 Å². The van der Waals surface area contributed by atoms with Crippen LogP contribution in [0.1, 0.15) is 26.7 Å². The summed E-state index contributed by atoms with van der Waals surface area (Å²) in [7, 11) is 2.02. The number of nitrogens with zero attached hydrogens (tertiary/aromatic N) is 1. The Labute approximate surface area is 114 Å². The average molecular weight is 265 g/mol. The highest BCUT2D eigenvalue weighted by molar-refractivity contribution is 6.18. The molecule has 2 amide bonds. The van der Waals surface area contributed by atoms with Crippen molar-refractivity contribution in [3.8, 4) is 0 Å². The first-order valence-electron chi connectivity index (χ1n) is 6.78. The number of carbonyl (C=O) groups is 2. The highest BCUT2D eigenvalue weighted by Gasteiger charge is 2.17. The van der Waals surface area contributed by atoms with Crippen LogP contribution in [0.25, 0.3) is 0 Å². The van der Waals surface area contributed by atoms with E-state index in [1.807, 2.05) is 27.0 Å². The van der Waals surface area contributed by atoms with Crippen molar-refractivity contribution in [3.05, 3.63) is 23.4 Å². The van der Waals surface area contributed by atoms with E-state index < -0.39 is 0 Å². The number of nitrogens with one attached hydrogen (secondary N) is 2. The predicted molar refractivity (Wildman–Crippen MR) is 75.4 cm³/mol. The van der Waals surface area contributed by atoms with Crippen LogP contribution in [-0.2, 0) is 9.59 Å².